The molecule has 0 unspecified atom stereocenters. The molecule has 4 aromatic rings. The summed E-state index contributed by atoms with van der Waals surface area (Å²) in [5, 5.41) is 28.7. The van der Waals surface area contributed by atoms with Crippen LogP contribution in [0.15, 0.2) is 36.7 Å². The molecule has 11 nitrogen and oxygen atoms in total. The molecule has 0 atom stereocenters. The molecule has 1 amide bonds. The summed E-state index contributed by atoms with van der Waals surface area (Å²) < 4.78 is 12.5. The molecule has 0 spiro atoms. The highest BCUT2D eigenvalue weighted by Crippen LogP contribution is 2.41. The van der Waals surface area contributed by atoms with Crippen LogP contribution < -0.4 is 5.32 Å². The van der Waals surface area contributed by atoms with E-state index in [-0.39, 0.29) is 23.7 Å². The maximum absolute atomic E-state index is 12.6. The number of pyridine rings is 1. The molecule has 1 aliphatic carbocycles. The lowest BCUT2D eigenvalue weighted by molar-refractivity contribution is 0.0431. The minimum Gasteiger partial charge on any atom is -0.453 e. The predicted molar refractivity (Wildman–Crippen MR) is 168 cm³/mol. The Balaban J connectivity index is 1.26. The van der Waals surface area contributed by atoms with Crippen molar-refractivity contribution in [3.05, 3.63) is 47.2 Å². The number of amides is 1. The van der Waals surface area contributed by atoms with Crippen LogP contribution >= 0.6 is 11.3 Å². The van der Waals surface area contributed by atoms with Gasteiger partial charge in [0, 0.05) is 48.6 Å². The SMILES string of the molecule is COC(=O)N(C1CCC(c2nnc(-c3cnc(-c4ccc5cc(C#N)cnn45)cc3NC3CCOCC3)s2)CC1)C(C)(C)C. The molecule has 1 saturated carbocycles. The van der Waals surface area contributed by atoms with Gasteiger partial charge in [-0.1, -0.05) is 11.3 Å². The number of aromatic nitrogens is 5. The Labute approximate surface area is 261 Å². The number of methoxy groups -OCH3 is 1. The number of carbonyl (C=O) groups excluding carboxylic acids is 1. The van der Waals surface area contributed by atoms with Gasteiger partial charge < -0.3 is 19.7 Å². The highest BCUT2D eigenvalue weighted by Gasteiger charge is 2.37. The smallest absolute Gasteiger partial charge is 0.410 e. The van der Waals surface area contributed by atoms with Crippen LogP contribution in [-0.4, -0.2) is 73.7 Å². The molecule has 0 bridgehead atoms. The van der Waals surface area contributed by atoms with Crippen LogP contribution in [0.2, 0.25) is 0 Å². The van der Waals surface area contributed by atoms with E-state index in [9.17, 15) is 10.1 Å². The number of nitrogens with one attached hydrogen (secondary N) is 1. The van der Waals surface area contributed by atoms with E-state index in [4.69, 9.17) is 14.5 Å². The van der Waals surface area contributed by atoms with Gasteiger partial charge in [0.05, 0.1) is 41.3 Å². The summed E-state index contributed by atoms with van der Waals surface area (Å²) in [6.45, 7) is 7.62. The fraction of sp³-hybridized carbons (Fsp3) is 0.500. The molecule has 6 rings (SSSR count). The summed E-state index contributed by atoms with van der Waals surface area (Å²) in [5.74, 6) is 0.299. The van der Waals surface area contributed by atoms with E-state index in [2.05, 4.69) is 53.5 Å². The molecular formula is C32H38N8O3S. The van der Waals surface area contributed by atoms with Crippen molar-refractivity contribution in [3.63, 3.8) is 0 Å². The summed E-state index contributed by atoms with van der Waals surface area (Å²) in [6.07, 6.45) is 8.69. The van der Waals surface area contributed by atoms with Gasteiger partial charge >= 0.3 is 6.09 Å². The molecule has 0 aromatic carbocycles. The molecule has 1 aliphatic heterocycles. The summed E-state index contributed by atoms with van der Waals surface area (Å²) in [5.41, 5.74) is 4.54. The second kappa shape index (κ2) is 12.5. The van der Waals surface area contributed by atoms with Crippen molar-refractivity contribution in [2.24, 2.45) is 0 Å². The Bertz CT molecular complexity index is 1670. The van der Waals surface area contributed by atoms with Crippen LogP contribution in [0.5, 0.6) is 0 Å². The quantitative estimate of drug-likeness (QED) is 0.267. The largest absolute Gasteiger partial charge is 0.453 e. The van der Waals surface area contributed by atoms with Gasteiger partial charge in [0.25, 0.3) is 0 Å². The maximum Gasteiger partial charge on any atom is 0.410 e. The van der Waals surface area contributed by atoms with E-state index in [1.54, 1.807) is 17.5 Å². The van der Waals surface area contributed by atoms with Gasteiger partial charge in [-0.3, -0.25) is 4.98 Å². The van der Waals surface area contributed by atoms with E-state index < -0.39 is 0 Å². The van der Waals surface area contributed by atoms with Crippen molar-refractivity contribution in [2.45, 2.75) is 82.8 Å². The number of hydrogen-bond donors (Lipinski definition) is 1. The molecule has 0 radical (unpaired) electrons. The highest BCUT2D eigenvalue weighted by molar-refractivity contribution is 7.14. The Hall–Kier alpha value is -4.08. The number of anilines is 1. The van der Waals surface area contributed by atoms with Crippen LogP contribution in [0, 0.1) is 11.3 Å². The number of rotatable bonds is 6. The third kappa shape index (κ3) is 6.12. The van der Waals surface area contributed by atoms with E-state index in [1.165, 1.54) is 7.11 Å². The lowest BCUT2D eigenvalue weighted by Crippen LogP contribution is -2.52. The van der Waals surface area contributed by atoms with Crippen LogP contribution in [0.3, 0.4) is 0 Å². The summed E-state index contributed by atoms with van der Waals surface area (Å²) >= 11 is 1.62. The zero-order valence-electron chi connectivity index (χ0n) is 25.6. The van der Waals surface area contributed by atoms with Gasteiger partial charge in [0.2, 0.25) is 0 Å². The molecule has 2 aliphatic rings. The normalized spacial score (nSPS) is 19.4. The number of carbonyl (C=O) groups is 1. The zero-order valence-corrected chi connectivity index (χ0v) is 26.4. The van der Waals surface area contributed by atoms with Crippen molar-refractivity contribution in [3.8, 4) is 28.0 Å². The van der Waals surface area contributed by atoms with Gasteiger partial charge in [-0.05, 0) is 83.6 Å². The first kappa shape index (κ1) is 30.0. The van der Waals surface area contributed by atoms with E-state index in [1.807, 2.05) is 33.8 Å². The minimum absolute atomic E-state index is 0.143. The molecule has 44 heavy (non-hydrogen) atoms. The Morgan fingerprint density at radius 1 is 1.11 bits per heavy atom. The standard InChI is InChI=1S/C32H38N8O3S/c1-32(2,3)39(31(41)42-4)23-7-5-21(6-8-23)29-37-38-30(44-29)25-19-34-27(16-26(25)36-22-11-13-43-14-12-22)28-10-9-24-15-20(17-33)18-35-40(24)28/h9-10,15-16,18-19,21-23H,5-8,11-14H2,1-4H3,(H,34,36). The van der Waals surface area contributed by atoms with E-state index >= 15 is 0 Å². The Kier molecular flexibility index (Phi) is 8.51. The molecule has 4 aromatic heterocycles. The predicted octanol–water partition coefficient (Wildman–Crippen LogP) is 6.27. The maximum atomic E-state index is 12.6. The lowest BCUT2D eigenvalue weighted by atomic mass is 9.84. The van der Waals surface area contributed by atoms with Crippen molar-refractivity contribution in [2.75, 3.05) is 25.6 Å². The fourth-order valence-electron chi connectivity index (χ4n) is 6.36. The van der Waals surface area contributed by atoms with Gasteiger partial charge in [0.15, 0.2) is 5.01 Å². The number of hydrogen-bond acceptors (Lipinski definition) is 10. The van der Waals surface area contributed by atoms with Gasteiger partial charge in [0.1, 0.15) is 11.1 Å². The second-order valence-electron chi connectivity index (χ2n) is 12.5. The van der Waals surface area contributed by atoms with Crippen LogP contribution in [0.25, 0.3) is 27.5 Å². The topological polar surface area (TPSA) is 131 Å². The molecule has 1 N–H and O–H groups in total. The summed E-state index contributed by atoms with van der Waals surface area (Å²) in [7, 11) is 1.45. The average molecular weight is 615 g/mol. The van der Waals surface area contributed by atoms with Gasteiger partial charge in [-0.15, -0.1) is 10.2 Å². The number of ether oxygens (including phenoxy) is 2. The van der Waals surface area contributed by atoms with Gasteiger partial charge in [-0.2, -0.15) is 10.4 Å². The first-order valence-electron chi connectivity index (χ1n) is 15.2. The first-order valence-corrected chi connectivity index (χ1v) is 16.0. The molecule has 2 fully saturated rings. The zero-order chi connectivity index (χ0) is 30.8. The third-order valence-corrected chi connectivity index (χ3v) is 9.67. The fourth-order valence-corrected chi connectivity index (χ4v) is 7.40. The van der Waals surface area contributed by atoms with Crippen molar-refractivity contribution >= 4 is 28.6 Å². The summed E-state index contributed by atoms with van der Waals surface area (Å²) in [6, 6.07) is 10.4. The van der Waals surface area contributed by atoms with E-state index in [0.29, 0.717) is 11.5 Å². The number of nitriles is 1. The average Bonchev–Trinajstić information content (AvgIpc) is 3.69. The van der Waals surface area contributed by atoms with Crippen LogP contribution in [0.4, 0.5) is 10.5 Å². The van der Waals surface area contributed by atoms with Gasteiger partial charge in [-0.25, -0.2) is 9.31 Å². The monoisotopic (exact) mass is 614 g/mol. The lowest BCUT2D eigenvalue weighted by Gasteiger charge is -2.43. The number of nitrogens with zero attached hydrogens (tertiary/aromatic N) is 7. The molecular weight excluding hydrogens is 576 g/mol. The Morgan fingerprint density at radius 2 is 1.89 bits per heavy atom. The van der Waals surface area contributed by atoms with Crippen molar-refractivity contribution < 1.29 is 14.3 Å². The minimum atomic E-state index is -0.309. The highest BCUT2D eigenvalue weighted by atomic mass is 32.1. The van der Waals surface area contributed by atoms with Crippen molar-refractivity contribution in [1.82, 2.24) is 29.7 Å². The first-order chi connectivity index (χ1) is 21.2. The van der Waals surface area contributed by atoms with Crippen LogP contribution in [-0.2, 0) is 9.47 Å². The Morgan fingerprint density at radius 3 is 2.59 bits per heavy atom. The number of fused-ring (bicyclic) bond motifs is 1. The third-order valence-electron chi connectivity index (χ3n) is 8.55. The molecule has 1 saturated heterocycles. The van der Waals surface area contributed by atoms with Crippen molar-refractivity contribution in [1.29, 1.82) is 5.26 Å². The van der Waals surface area contributed by atoms with E-state index in [0.717, 1.165) is 89.9 Å². The summed E-state index contributed by atoms with van der Waals surface area (Å²) in [4.78, 5) is 19.3. The molecule has 230 valence electrons. The second-order valence-corrected chi connectivity index (χ2v) is 13.5. The van der Waals surface area contributed by atoms with Crippen LogP contribution in [0.1, 0.15) is 75.8 Å². The molecule has 12 heteroatoms. The molecule has 5 heterocycles.